The lowest BCUT2D eigenvalue weighted by atomic mass is 10.0. The first kappa shape index (κ1) is 21.4. The van der Waals surface area contributed by atoms with Crippen molar-refractivity contribution in [3.05, 3.63) is 78.0 Å². The molecule has 5 rings (SSSR count). The number of carbonyl (C=O) groups excluding carboxylic acids is 2. The maximum absolute atomic E-state index is 13.6. The number of carbonyl (C=O) groups is 2. The SMILES string of the molecule is CCOc1ccc(C2=C(Nc3ccc4c(c3)OCO4)C(=O)N(c3ccc(OC)cc3)C2=O)cc1. The van der Waals surface area contributed by atoms with Crippen LogP contribution in [0.25, 0.3) is 5.57 Å². The average molecular weight is 458 g/mol. The Morgan fingerprint density at radius 3 is 2.29 bits per heavy atom. The van der Waals surface area contributed by atoms with E-state index in [0.29, 0.717) is 46.5 Å². The van der Waals surface area contributed by atoms with Gasteiger partial charge in [0.1, 0.15) is 17.2 Å². The summed E-state index contributed by atoms with van der Waals surface area (Å²) in [5, 5.41) is 3.14. The van der Waals surface area contributed by atoms with Gasteiger partial charge in [-0.1, -0.05) is 12.1 Å². The Bertz CT molecular complexity index is 1280. The smallest absolute Gasteiger partial charge is 0.282 e. The average Bonchev–Trinajstić information content (AvgIpc) is 3.42. The zero-order valence-electron chi connectivity index (χ0n) is 18.7. The van der Waals surface area contributed by atoms with Crippen molar-refractivity contribution in [2.45, 2.75) is 6.92 Å². The molecule has 0 saturated heterocycles. The van der Waals surface area contributed by atoms with E-state index in [2.05, 4.69) is 5.32 Å². The molecule has 0 fully saturated rings. The highest BCUT2D eigenvalue weighted by molar-refractivity contribution is 6.46. The van der Waals surface area contributed by atoms with Crippen LogP contribution in [0, 0.1) is 0 Å². The third kappa shape index (κ3) is 3.79. The molecule has 0 aromatic heterocycles. The summed E-state index contributed by atoms with van der Waals surface area (Å²) in [6, 6.07) is 19.1. The molecule has 34 heavy (non-hydrogen) atoms. The molecular weight excluding hydrogens is 436 g/mol. The van der Waals surface area contributed by atoms with Crippen LogP contribution in [0.15, 0.2) is 72.4 Å². The number of ether oxygens (including phenoxy) is 4. The molecule has 0 aliphatic carbocycles. The van der Waals surface area contributed by atoms with Gasteiger partial charge in [-0.3, -0.25) is 9.59 Å². The van der Waals surface area contributed by atoms with Gasteiger partial charge in [-0.2, -0.15) is 0 Å². The maximum Gasteiger partial charge on any atom is 0.282 e. The molecule has 8 nitrogen and oxygen atoms in total. The van der Waals surface area contributed by atoms with Crippen molar-refractivity contribution >= 4 is 28.8 Å². The topological polar surface area (TPSA) is 86.3 Å². The van der Waals surface area contributed by atoms with Gasteiger partial charge in [-0.05, 0) is 61.0 Å². The Morgan fingerprint density at radius 1 is 0.882 bits per heavy atom. The minimum atomic E-state index is -0.461. The molecule has 172 valence electrons. The molecule has 0 unspecified atom stereocenters. The van der Waals surface area contributed by atoms with Crippen molar-refractivity contribution in [3.63, 3.8) is 0 Å². The molecule has 0 spiro atoms. The molecule has 0 atom stereocenters. The second kappa shape index (κ2) is 8.82. The van der Waals surface area contributed by atoms with Crippen molar-refractivity contribution in [2.75, 3.05) is 30.7 Å². The van der Waals surface area contributed by atoms with Crippen molar-refractivity contribution in [2.24, 2.45) is 0 Å². The second-order valence-electron chi connectivity index (χ2n) is 7.54. The molecule has 8 heteroatoms. The molecule has 2 aliphatic rings. The Kier molecular flexibility index (Phi) is 5.55. The lowest BCUT2D eigenvalue weighted by Crippen LogP contribution is -2.32. The number of fused-ring (bicyclic) bond motifs is 1. The number of anilines is 2. The van der Waals surface area contributed by atoms with Crippen LogP contribution in [0.2, 0.25) is 0 Å². The number of benzene rings is 3. The van der Waals surface area contributed by atoms with E-state index in [4.69, 9.17) is 18.9 Å². The van der Waals surface area contributed by atoms with Crippen molar-refractivity contribution in [3.8, 4) is 23.0 Å². The number of hydrogen-bond acceptors (Lipinski definition) is 7. The summed E-state index contributed by atoms with van der Waals surface area (Å²) in [7, 11) is 1.56. The first-order valence-electron chi connectivity index (χ1n) is 10.8. The molecule has 2 heterocycles. The zero-order valence-corrected chi connectivity index (χ0v) is 18.7. The summed E-state index contributed by atoms with van der Waals surface area (Å²) >= 11 is 0. The summed E-state index contributed by atoms with van der Waals surface area (Å²) in [6.07, 6.45) is 0. The van der Waals surface area contributed by atoms with Crippen LogP contribution in [0.3, 0.4) is 0 Å². The van der Waals surface area contributed by atoms with Crippen molar-refractivity contribution < 1.29 is 28.5 Å². The molecule has 0 saturated carbocycles. The van der Waals surface area contributed by atoms with Crippen LogP contribution in [-0.2, 0) is 9.59 Å². The molecular formula is C26H22N2O6. The molecule has 2 aliphatic heterocycles. The van der Waals surface area contributed by atoms with Gasteiger partial charge in [0, 0.05) is 11.8 Å². The Labute approximate surface area is 196 Å². The second-order valence-corrected chi connectivity index (χ2v) is 7.54. The predicted octanol–water partition coefficient (Wildman–Crippen LogP) is 4.22. The van der Waals surface area contributed by atoms with E-state index in [1.54, 1.807) is 73.8 Å². The summed E-state index contributed by atoms with van der Waals surface area (Å²) in [5.41, 5.74) is 2.08. The van der Waals surface area contributed by atoms with Gasteiger partial charge in [0.2, 0.25) is 6.79 Å². The highest BCUT2D eigenvalue weighted by Crippen LogP contribution is 2.38. The minimum Gasteiger partial charge on any atom is -0.497 e. The molecule has 0 bridgehead atoms. The molecule has 0 radical (unpaired) electrons. The summed E-state index contributed by atoms with van der Waals surface area (Å²) in [4.78, 5) is 28.3. The number of rotatable bonds is 7. The van der Waals surface area contributed by atoms with Crippen LogP contribution in [0.1, 0.15) is 12.5 Å². The Balaban J connectivity index is 1.55. The van der Waals surface area contributed by atoms with Crippen LogP contribution in [-0.4, -0.2) is 32.3 Å². The first-order valence-corrected chi connectivity index (χ1v) is 10.8. The lowest BCUT2D eigenvalue weighted by molar-refractivity contribution is -0.120. The molecule has 1 N–H and O–H groups in total. The molecule has 2 amide bonds. The van der Waals surface area contributed by atoms with E-state index in [-0.39, 0.29) is 18.1 Å². The van der Waals surface area contributed by atoms with E-state index in [1.807, 2.05) is 6.92 Å². The molecule has 3 aromatic rings. The van der Waals surface area contributed by atoms with E-state index in [0.717, 1.165) is 4.90 Å². The lowest BCUT2D eigenvalue weighted by Gasteiger charge is -2.16. The highest BCUT2D eigenvalue weighted by atomic mass is 16.7. The fourth-order valence-electron chi connectivity index (χ4n) is 3.88. The predicted molar refractivity (Wildman–Crippen MR) is 126 cm³/mol. The quantitative estimate of drug-likeness (QED) is 0.531. The zero-order chi connectivity index (χ0) is 23.7. The first-order chi connectivity index (χ1) is 16.6. The van der Waals surface area contributed by atoms with Gasteiger partial charge in [0.15, 0.2) is 11.5 Å². The summed E-state index contributed by atoms with van der Waals surface area (Å²) in [6.45, 7) is 2.57. The largest absolute Gasteiger partial charge is 0.497 e. The van der Waals surface area contributed by atoms with Gasteiger partial charge >= 0.3 is 0 Å². The normalized spacial score (nSPS) is 14.6. The van der Waals surface area contributed by atoms with Crippen LogP contribution >= 0.6 is 0 Å². The standard InChI is InChI=1S/C26H22N2O6/c1-3-32-20-9-4-16(5-10-20)23-24(27-17-6-13-21-22(14-17)34-15-33-21)26(30)28(25(23)29)18-7-11-19(31-2)12-8-18/h4-14,27H,3,15H2,1-2H3. The van der Waals surface area contributed by atoms with Gasteiger partial charge in [-0.15, -0.1) is 0 Å². The van der Waals surface area contributed by atoms with E-state index in [1.165, 1.54) is 0 Å². The third-order valence-corrected chi connectivity index (χ3v) is 5.51. The van der Waals surface area contributed by atoms with Crippen molar-refractivity contribution in [1.29, 1.82) is 0 Å². The van der Waals surface area contributed by atoms with Gasteiger partial charge < -0.3 is 24.3 Å². The van der Waals surface area contributed by atoms with Crippen molar-refractivity contribution in [1.82, 2.24) is 0 Å². The van der Waals surface area contributed by atoms with E-state index >= 15 is 0 Å². The Morgan fingerprint density at radius 2 is 1.59 bits per heavy atom. The van der Waals surface area contributed by atoms with Gasteiger partial charge in [0.05, 0.1) is 25.0 Å². The number of imide groups is 1. The number of amides is 2. The van der Waals surface area contributed by atoms with Crippen LogP contribution in [0.4, 0.5) is 11.4 Å². The van der Waals surface area contributed by atoms with Gasteiger partial charge in [0.25, 0.3) is 11.8 Å². The minimum absolute atomic E-state index is 0.140. The van der Waals surface area contributed by atoms with E-state index < -0.39 is 11.8 Å². The highest BCUT2D eigenvalue weighted by Gasteiger charge is 2.40. The fraction of sp³-hybridized carbons (Fsp3) is 0.154. The van der Waals surface area contributed by atoms with Crippen LogP contribution < -0.4 is 29.2 Å². The number of hydrogen-bond donors (Lipinski definition) is 1. The Hall–Kier alpha value is -4.46. The molecule has 3 aromatic carbocycles. The van der Waals surface area contributed by atoms with Crippen LogP contribution in [0.5, 0.6) is 23.0 Å². The number of nitrogens with one attached hydrogen (secondary N) is 1. The monoisotopic (exact) mass is 458 g/mol. The summed E-state index contributed by atoms with van der Waals surface area (Å²) < 4.78 is 21.5. The van der Waals surface area contributed by atoms with E-state index in [9.17, 15) is 9.59 Å². The number of nitrogens with zero attached hydrogens (tertiary/aromatic N) is 1. The maximum atomic E-state index is 13.6. The third-order valence-electron chi connectivity index (χ3n) is 5.51. The van der Waals surface area contributed by atoms with Gasteiger partial charge in [-0.25, -0.2) is 4.90 Å². The summed E-state index contributed by atoms with van der Waals surface area (Å²) in [5.74, 6) is 1.61. The number of methoxy groups -OCH3 is 1. The fourth-order valence-corrected chi connectivity index (χ4v) is 3.88.